The maximum atomic E-state index is 12.2. The highest BCUT2D eigenvalue weighted by Crippen LogP contribution is 2.39. The predicted molar refractivity (Wildman–Crippen MR) is 112 cm³/mol. The number of para-hydroxylation sites is 1. The summed E-state index contributed by atoms with van der Waals surface area (Å²) in [4.78, 5) is 17.8. The summed E-state index contributed by atoms with van der Waals surface area (Å²) < 4.78 is 11.8. The molecule has 0 radical (unpaired) electrons. The third kappa shape index (κ3) is 3.71. The van der Waals surface area contributed by atoms with Gasteiger partial charge in [-0.25, -0.2) is 4.85 Å². The number of fused-ring (bicyclic) bond motifs is 2. The molecule has 148 valence electrons. The number of benzene rings is 2. The first-order valence-electron chi connectivity index (χ1n) is 9.90. The molecule has 0 spiro atoms. The topological polar surface area (TPSA) is 43.1 Å². The van der Waals surface area contributed by atoms with Crippen molar-refractivity contribution in [2.75, 3.05) is 7.11 Å². The number of nitrogens with zero attached hydrogens (tertiary/aromatic N) is 2. The molecule has 2 saturated heterocycles. The molecule has 2 bridgehead atoms. The minimum Gasteiger partial charge on any atom is -0.496 e. The quantitative estimate of drug-likeness (QED) is 0.535. The zero-order chi connectivity index (χ0) is 20.4. The van der Waals surface area contributed by atoms with E-state index >= 15 is 0 Å². The molecule has 2 fully saturated rings. The molecule has 0 saturated carbocycles. The van der Waals surface area contributed by atoms with E-state index in [1.54, 1.807) is 13.2 Å². The molecule has 0 aliphatic carbocycles. The zero-order valence-electron chi connectivity index (χ0n) is 16.5. The molecule has 2 unspecified atom stereocenters. The lowest BCUT2D eigenvalue weighted by atomic mass is 9.99. The Bertz CT molecular complexity index is 964. The minimum absolute atomic E-state index is 0.0180. The Hall–Kier alpha value is -3.26. The summed E-state index contributed by atoms with van der Waals surface area (Å²) in [5, 5.41) is 0. The Labute approximate surface area is 171 Å². The van der Waals surface area contributed by atoms with Crippen LogP contribution in [0.25, 0.3) is 16.0 Å². The van der Waals surface area contributed by atoms with E-state index in [-0.39, 0.29) is 24.1 Å². The van der Waals surface area contributed by atoms with Gasteiger partial charge in [-0.1, -0.05) is 24.8 Å². The van der Waals surface area contributed by atoms with Crippen molar-refractivity contribution >= 4 is 11.6 Å². The monoisotopic (exact) mass is 388 g/mol. The summed E-state index contributed by atoms with van der Waals surface area (Å²) in [6, 6.07) is 13.8. The highest BCUT2D eigenvalue weighted by atomic mass is 16.5. The molecule has 0 aromatic heterocycles. The van der Waals surface area contributed by atoms with Crippen LogP contribution in [0.15, 0.2) is 55.1 Å². The average Bonchev–Trinajstić information content (AvgIpc) is 3.03. The zero-order valence-corrected chi connectivity index (χ0v) is 16.5. The first-order valence-corrected chi connectivity index (χ1v) is 9.90. The van der Waals surface area contributed by atoms with E-state index in [0.717, 1.165) is 42.6 Å². The van der Waals surface area contributed by atoms with Crippen LogP contribution in [0.1, 0.15) is 25.7 Å². The lowest BCUT2D eigenvalue weighted by Crippen LogP contribution is -2.48. The molecular weight excluding hydrogens is 364 g/mol. The summed E-state index contributed by atoms with van der Waals surface area (Å²) in [7, 11) is 1.64. The summed E-state index contributed by atoms with van der Waals surface area (Å²) >= 11 is 0. The van der Waals surface area contributed by atoms with Crippen molar-refractivity contribution in [3.8, 4) is 22.6 Å². The van der Waals surface area contributed by atoms with Crippen molar-refractivity contribution in [1.82, 2.24) is 4.90 Å². The van der Waals surface area contributed by atoms with Crippen molar-refractivity contribution in [2.24, 2.45) is 0 Å². The molecule has 2 aliphatic heterocycles. The van der Waals surface area contributed by atoms with Gasteiger partial charge >= 0.3 is 0 Å². The van der Waals surface area contributed by atoms with Gasteiger partial charge in [-0.2, -0.15) is 0 Å². The third-order valence-corrected chi connectivity index (χ3v) is 5.86. The number of carbonyl (C=O) groups excluding carboxylic acids is 1. The van der Waals surface area contributed by atoms with Crippen LogP contribution in [0.4, 0.5) is 5.69 Å². The van der Waals surface area contributed by atoms with E-state index in [9.17, 15) is 4.79 Å². The van der Waals surface area contributed by atoms with Gasteiger partial charge in [-0.3, -0.25) is 4.79 Å². The van der Waals surface area contributed by atoms with Gasteiger partial charge in [0.15, 0.2) is 5.69 Å². The van der Waals surface area contributed by atoms with Crippen molar-refractivity contribution in [1.29, 1.82) is 0 Å². The van der Waals surface area contributed by atoms with E-state index in [4.69, 9.17) is 16.0 Å². The Balaban J connectivity index is 1.58. The van der Waals surface area contributed by atoms with Crippen LogP contribution in [-0.4, -0.2) is 36.1 Å². The molecule has 0 N–H and O–H groups in total. The number of hydrogen-bond donors (Lipinski definition) is 0. The van der Waals surface area contributed by atoms with Crippen LogP contribution in [0.5, 0.6) is 11.5 Å². The fourth-order valence-corrected chi connectivity index (χ4v) is 4.64. The van der Waals surface area contributed by atoms with Crippen molar-refractivity contribution in [3.63, 3.8) is 0 Å². The summed E-state index contributed by atoms with van der Waals surface area (Å²) in [6.45, 7) is 11.1. The molecule has 2 aromatic carbocycles. The second kappa shape index (κ2) is 8.00. The predicted octanol–water partition coefficient (Wildman–Crippen LogP) is 5.00. The van der Waals surface area contributed by atoms with Crippen molar-refractivity contribution < 1.29 is 14.3 Å². The van der Waals surface area contributed by atoms with E-state index < -0.39 is 0 Å². The number of hydrogen-bond acceptors (Lipinski definition) is 3. The van der Waals surface area contributed by atoms with E-state index in [2.05, 4.69) is 11.4 Å². The fraction of sp³-hybridized carbons (Fsp3) is 0.333. The third-order valence-electron chi connectivity index (χ3n) is 5.86. The molecule has 2 aromatic rings. The number of methoxy groups -OCH3 is 1. The molecule has 2 aliphatic rings. The fourth-order valence-electron chi connectivity index (χ4n) is 4.64. The van der Waals surface area contributed by atoms with Crippen LogP contribution in [0, 0.1) is 6.57 Å². The van der Waals surface area contributed by atoms with Crippen molar-refractivity contribution in [2.45, 2.75) is 43.9 Å². The second-order valence-electron chi connectivity index (χ2n) is 7.57. The van der Waals surface area contributed by atoms with Gasteiger partial charge in [0, 0.05) is 30.5 Å². The Kier molecular flexibility index (Phi) is 5.26. The SMILES string of the molecule is [C-]#[N+]c1cc(OC2CC3CCC(C2)N3C(=O)C=C)cc(-c2ccccc2OC)c1. The maximum absolute atomic E-state index is 12.2. The van der Waals surface area contributed by atoms with Gasteiger partial charge in [0.25, 0.3) is 0 Å². The van der Waals surface area contributed by atoms with Gasteiger partial charge in [-0.05, 0) is 48.7 Å². The molecule has 2 heterocycles. The van der Waals surface area contributed by atoms with E-state index in [0.29, 0.717) is 11.4 Å². The molecule has 1 amide bonds. The molecular formula is C24H24N2O3. The molecule has 5 heteroatoms. The number of piperidine rings is 1. The number of amides is 1. The standard InChI is InChI=1S/C24H24N2O3/c1-4-24(27)26-18-9-10-19(26)15-21(14-18)29-20-12-16(11-17(13-20)25-2)22-7-5-6-8-23(22)28-3/h4-8,11-13,18-19,21H,1,9-10,14-15H2,3H3. The first-order chi connectivity index (χ1) is 14.1. The smallest absolute Gasteiger partial charge is 0.246 e. The summed E-state index contributed by atoms with van der Waals surface area (Å²) in [5.74, 6) is 1.46. The van der Waals surface area contributed by atoms with Gasteiger partial charge < -0.3 is 14.4 Å². The van der Waals surface area contributed by atoms with Crippen LogP contribution in [0.3, 0.4) is 0 Å². The van der Waals surface area contributed by atoms with Gasteiger partial charge in [0.1, 0.15) is 17.6 Å². The van der Waals surface area contributed by atoms with Crippen LogP contribution in [-0.2, 0) is 4.79 Å². The highest BCUT2D eigenvalue weighted by molar-refractivity contribution is 5.88. The lowest BCUT2D eigenvalue weighted by Gasteiger charge is -2.38. The Morgan fingerprint density at radius 2 is 1.93 bits per heavy atom. The molecule has 29 heavy (non-hydrogen) atoms. The van der Waals surface area contributed by atoms with Gasteiger partial charge in [-0.15, -0.1) is 0 Å². The van der Waals surface area contributed by atoms with Gasteiger partial charge in [0.2, 0.25) is 5.91 Å². The average molecular weight is 388 g/mol. The molecule has 4 rings (SSSR count). The van der Waals surface area contributed by atoms with Gasteiger partial charge in [0.05, 0.1) is 13.7 Å². The maximum Gasteiger partial charge on any atom is 0.246 e. The van der Waals surface area contributed by atoms with Crippen LogP contribution in [0.2, 0.25) is 0 Å². The van der Waals surface area contributed by atoms with Crippen LogP contribution < -0.4 is 9.47 Å². The second-order valence-corrected chi connectivity index (χ2v) is 7.57. The number of rotatable bonds is 5. The number of carbonyl (C=O) groups is 1. The first kappa shape index (κ1) is 19.1. The molecule has 2 atom stereocenters. The Morgan fingerprint density at radius 3 is 2.59 bits per heavy atom. The summed E-state index contributed by atoms with van der Waals surface area (Å²) in [5.41, 5.74) is 2.36. The number of ether oxygens (including phenoxy) is 2. The van der Waals surface area contributed by atoms with Crippen LogP contribution >= 0.6 is 0 Å². The molecule has 5 nitrogen and oxygen atoms in total. The van der Waals surface area contributed by atoms with E-state index in [1.807, 2.05) is 41.3 Å². The minimum atomic E-state index is 0.0180. The normalized spacial score (nSPS) is 22.6. The lowest BCUT2D eigenvalue weighted by molar-refractivity contribution is -0.131. The highest BCUT2D eigenvalue weighted by Gasteiger charge is 2.43. The summed E-state index contributed by atoms with van der Waals surface area (Å²) in [6.07, 6.45) is 5.08. The Morgan fingerprint density at radius 1 is 1.21 bits per heavy atom. The van der Waals surface area contributed by atoms with Crippen molar-refractivity contribution in [3.05, 3.63) is 66.5 Å². The largest absolute Gasteiger partial charge is 0.496 e. The van der Waals surface area contributed by atoms with E-state index in [1.165, 1.54) is 6.08 Å².